The van der Waals surface area contributed by atoms with E-state index in [1.807, 2.05) is 24.3 Å². The Kier molecular flexibility index (Phi) is 13.3. The molecule has 0 fully saturated rings. The normalized spacial score (nSPS) is 11.2. The SMILES string of the molecule is COc1cc2c(OC)cccc2cc1CNCCCCCCNCc1cc2cccc(OC)c2cc1OC.CS(=O)(=O)O. The van der Waals surface area contributed by atoms with Gasteiger partial charge in [0.05, 0.1) is 34.7 Å². The predicted octanol–water partition coefficient (Wildman–Crippen LogP) is 5.97. The standard InChI is InChI=1S/C32H40N2O4.CH4O3S/c1-35-29-13-9-11-23-17-25(31(37-3)19-27(23)29)21-33-15-7-5-6-8-16-34-22-26-18-24-12-10-14-30(36-2)28(24)20-32(26)38-4;1-5(2,3)4/h9-14,17-20,33-34H,5-8,15-16,21-22H2,1-4H3;1H3,(H,2,3,4). The Morgan fingerprint density at radius 3 is 1.33 bits per heavy atom. The largest absolute Gasteiger partial charge is 0.496 e. The van der Waals surface area contributed by atoms with Crippen molar-refractivity contribution in [2.45, 2.75) is 38.8 Å². The van der Waals surface area contributed by atoms with Crippen molar-refractivity contribution in [1.29, 1.82) is 0 Å². The van der Waals surface area contributed by atoms with Gasteiger partial charge in [-0.15, -0.1) is 0 Å². The van der Waals surface area contributed by atoms with E-state index in [-0.39, 0.29) is 0 Å². The number of nitrogens with one attached hydrogen (secondary N) is 2. The maximum atomic E-state index is 9.19. The maximum Gasteiger partial charge on any atom is 0.261 e. The lowest BCUT2D eigenvalue weighted by atomic mass is 10.0. The zero-order chi connectivity index (χ0) is 31.2. The Morgan fingerprint density at radius 2 is 0.977 bits per heavy atom. The molecule has 0 unspecified atom stereocenters. The van der Waals surface area contributed by atoms with E-state index in [0.29, 0.717) is 6.26 Å². The van der Waals surface area contributed by atoms with Crippen molar-refractivity contribution in [3.8, 4) is 23.0 Å². The second-order valence-electron chi connectivity index (χ2n) is 10.2. The van der Waals surface area contributed by atoms with E-state index in [4.69, 9.17) is 23.5 Å². The molecule has 0 aliphatic heterocycles. The Labute approximate surface area is 255 Å². The Morgan fingerprint density at radius 1 is 0.605 bits per heavy atom. The molecule has 0 bridgehead atoms. The van der Waals surface area contributed by atoms with Gasteiger partial charge >= 0.3 is 0 Å². The molecule has 0 saturated carbocycles. The minimum Gasteiger partial charge on any atom is -0.496 e. The molecule has 0 radical (unpaired) electrons. The summed E-state index contributed by atoms with van der Waals surface area (Å²) in [4.78, 5) is 0. The predicted molar refractivity (Wildman–Crippen MR) is 173 cm³/mol. The first-order valence-electron chi connectivity index (χ1n) is 14.3. The van der Waals surface area contributed by atoms with Gasteiger partial charge in [0.25, 0.3) is 10.1 Å². The second-order valence-corrected chi connectivity index (χ2v) is 11.7. The molecular formula is C33H44N2O7S. The fourth-order valence-corrected chi connectivity index (χ4v) is 4.96. The Balaban J connectivity index is 0.000000934. The zero-order valence-corrected chi connectivity index (χ0v) is 26.6. The average Bonchev–Trinajstić information content (AvgIpc) is 2.99. The average molecular weight is 613 g/mol. The number of fused-ring (bicyclic) bond motifs is 2. The minimum absolute atomic E-state index is 0.715. The first-order valence-corrected chi connectivity index (χ1v) is 16.1. The number of benzene rings is 4. The van der Waals surface area contributed by atoms with Crippen molar-refractivity contribution >= 4 is 31.7 Å². The lowest BCUT2D eigenvalue weighted by Crippen LogP contribution is -2.16. The van der Waals surface area contributed by atoms with E-state index in [1.165, 1.54) is 24.0 Å². The monoisotopic (exact) mass is 612 g/mol. The Hall–Kier alpha value is -3.57. The summed E-state index contributed by atoms with van der Waals surface area (Å²) in [6.07, 6.45) is 5.45. The van der Waals surface area contributed by atoms with Gasteiger partial charge in [0.2, 0.25) is 0 Å². The van der Waals surface area contributed by atoms with Crippen LogP contribution in [0.5, 0.6) is 23.0 Å². The van der Waals surface area contributed by atoms with Gasteiger partial charge in [-0.05, 0) is 73.1 Å². The second kappa shape index (κ2) is 16.9. The van der Waals surface area contributed by atoms with Crippen molar-refractivity contribution in [2.75, 3.05) is 47.8 Å². The third-order valence-corrected chi connectivity index (χ3v) is 7.01. The van der Waals surface area contributed by atoms with Gasteiger partial charge in [-0.1, -0.05) is 37.1 Å². The molecule has 0 aromatic heterocycles. The van der Waals surface area contributed by atoms with Crippen LogP contribution in [0, 0.1) is 0 Å². The summed E-state index contributed by atoms with van der Waals surface area (Å²) in [6, 6.07) is 20.8. The number of ether oxygens (including phenoxy) is 4. The summed E-state index contributed by atoms with van der Waals surface area (Å²) in [7, 11) is 3.18. The summed E-state index contributed by atoms with van der Waals surface area (Å²) in [5, 5.41) is 11.6. The van der Waals surface area contributed by atoms with E-state index in [1.54, 1.807) is 28.4 Å². The van der Waals surface area contributed by atoms with E-state index in [2.05, 4.69) is 47.0 Å². The fourth-order valence-electron chi connectivity index (χ4n) is 4.96. The highest BCUT2D eigenvalue weighted by atomic mass is 32.2. The van der Waals surface area contributed by atoms with Crippen molar-refractivity contribution in [3.63, 3.8) is 0 Å². The maximum absolute atomic E-state index is 9.19. The molecule has 3 N–H and O–H groups in total. The van der Waals surface area contributed by atoms with Gasteiger partial charge in [-0.3, -0.25) is 4.55 Å². The molecule has 43 heavy (non-hydrogen) atoms. The summed E-state index contributed by atoms with van der Waals surface area (Å²) in [6.45, 7) is 3.56. The van der Waals surface area contributed by atoms with Gasteiger partial charge in [0.15, 0.2) is 0 Å². The highest BCUT2D eigenvalue weighted by Gasteiger charge is 2.10. The van der Waals surface area contributed by atoms with Gasteiger partial charge in [0.1, 0.15) is 23.0 Å². The zero-order valence-electron chi connectivity index (χ0n) is 25.7. The highest BCUT2D eigenvalue weighted by molar-refractivity contribution is 7.85. The van der Waals surface area contributed by atoms with Crippen LogP contribution < -0.4 is 29.6 Å². The van der Waals surface area contributed by atoms with Crippen molar-refractivity contribution in [1.82, 2.24) is 10.6 Å². The lowest BCUT2D eigenvalue weighted by molar-refractivity contribution is 0.406. The molecule has 4 rings (SSSR count). The first-order chi connectivity index (χ1) is 20.7. The summed E-state index contributed by atoms with van der Waals surface area (Å²) in [5.74, 6) is 3.52. The molecule has 0 saturated heterocycles. The topological polar surface area (TPSA) is 115 Å². The van der Waals surface area contributed by atoms with Gasteiger partial charge < -0.3 is 29.6 Å². The van der Waals surface area contributed by atoms with E-state index in [9.17, 15) is 8.42 Å². The third kappa shape index (κ3) is 10.6. The van der Waals surface area contributed by atoms with Crippen LogP contribution in [0.25, 0.3) is 21.5 Å². The molecule has 10 heteroatoms. The summed E-state index contributed by atoms with van der Waals surface area (Å²) < 4.78 is 48.2. The minimum atomic E-state index is -3.67. The molecule has 0 heterocycles. The van der Waals surface area contributed by atoms with E-state index >= 15 is 0 Å². The highest BCUT2D eigenvalue weighted by Crippen LogP contribution is 2.33. The molecule has 0 atom stereocenters. The molecule has 0 spiro atoms. The van der Waals surface area contributed by atoms with Crippen LogP contribution in [0.2, 0.25) is 0 Å². The summed E-state index contributed by atoms with van der Waals surface area (Å²) in [5.41, 5.74) is 2.33. The number of rotatable bonds is 15. The quantitative estimate of drug-likeness (QED) is 0.110. The molecule has 0 aliphatic carbocycles. The van der Waals surface area contributed by atoms with Gasteiger partial charge in [-0.25, -0.2) is 0 Å². The molecule has 234 valence electrons. The molecule has 4 aromatic rings. The molecule has 0 amide bonds. The van der Waals surface area contributed by atoms with Crippen LogP contribution in [0.3, 0.4) is 0 Å². The van der Waals surface area contributed by atoms with Crippen LogP contribution in [0.1, 0.15) is 36.8 Å². The third-order valence-electron chi connectivity index (χ3n) is 7.01. The molecule has 0 aliphatic rings. The van der Waals surface area contributed by atoms with Gasteiger partial charge in [0, 0.05) is 35.0 Å². The van der Waals surface area contributed by atoms with Gasteiger partial charge in [-0.2, -0.15) is 8.42 Å². The number of hydrogen-bond acceptors (Lipinski definition) is 8. The number of hydrogen-bond donors (Lipinski definition) is 3. The van der Waals surface area contributed by atoms with Crippen LogP contribution in [-0.2, 0) is 23.2 Å². The van der Waals surface area contributed by atoms with Crippen LogP contribution in [0.15, 0.2) is 60.7 Å². The van der Waals surface area contributed by atoms with Crippen LogP contribution in [0.4, 0.5) is 0 Å². The van der Waals surface area contributed by atoms with E-state index < -0.39 is 10.1 Å². The first kappa shape index (κ1) is 33.9. The van der Waals surface area contributed by atoms with Crippen molar-refractivity contribution in [2.24, 2.45) is 0 Å². The van der Waals surface area contributed by atoms with Crippen LogP contribution >= 0.6 is 0 Å². The van der Waals surface area contributed by atoms with Crippen molar-refractivity contribution in [3.05, 3.63) is 71.8 Å². The fraction of sp³-hybridized carbons (Fsp3) is 0.394. The molecular weight excluding hydrogens is 568 g/mol. The number of unbranched alkanes of at least 4 members (excludes halogenated alkanes) is 3. The van der Waals surface area contributed by atoms with Crippen molar-refractivity contribution < 1.29 is 31.9 Å². The number of methoxy groups -OCH3 is 4. The lowest BCUT2D eigenvalue weighted by Gasteiger charge is -2.13. The van der Waals surface area contributed by atoms with E-state index in [0.717, 1.165) is 83.6 Å². The Bertz CT molecular complexity index is 1460. The summed E-state index contributed by atoms with van der Waals surface area (Å²) >= 11 is 0. The smallest absolute Gasteiger partial charge is 0.261 e. The molecule has 9 nitrogen and oxygen atoms in total. The van der Waals surface area contributed by atoms with Crippen LogP contribution in [-0.4, -0.2) is 60.8 Å². The molecule has 4 aromatic carbocycles.